The Balaban J connectivity index is 2.04. The Bertz CT molecular complexity index is 943. The van der Waals surface area contributed by atoms with Crippen LogP contribution in [0.15, 0.2) is 40.7 Å². The summed E-state index contributed by atoms with van der Waals surface area (Å²) in [6, 6.07) is 5.22. The quantitative estimate of drug-likeness (QED) is 0.578. The molecule has 8 nitrogen and oxygen atoms in total. The van der Waals surface area contributed by atoms with Crippen molar-refractivity contribution in [2.45, 2.75) is 25.0 Å². The van der Waals surface area contributed by atoms with Gasteiger partial charge in [-0.3, -0.25) is 4.79 Å². The van der Waals surface area contributed by atoms with Crippen molar-refractivity contribution in [2.24, 2.45) is 0 Å². The van der Waals surface area contributed by atoms with E-state index >= 15 is 0 Å². The second-order valence-corrected chi connectivity index (χ2v) is 6.81. The maximum Gasteiger partial charge on any atom is 0.338 e. The summed E-state index contributed by atoms with van der Waals surface area (Å²) in [6.45, 7) is 3.64. The normalized spacial score (nSPS) is 15.6. The molecule has 2 heterocycles. The molecule has 0 fully saturated rings. The molecule has 148 valence electrons. The molecule has 28 heavy (non-hydrogen) atoms. The highest BCUT2D eigenvalue weighted by Gasteiger charge is 2.35. The van der Waals surface area contributed by atoms with Gasteiger partial charge >= 0.3 is 11.9 Å². The molecule has 0 saturated heterocycles. The van der Waals surface area contributed by atoms with Crippen LogP contribution in [0.3, 0.4) is 0 Å². The van der Waals surface area contributed by atoms with E-state index in [9.17, 15) is 14.0 Å². The van der Waals surface area contributed by atoms with Gasteiger partial charge in [-0.2, -0.15) is 4.98 Å². The highest BCUT2D eigenvalue weighted by Crippen LogP contribution is 2.36. The van der Waals surface area contributed by atoms with Gasteiger partial charge in [0.1, 0.15) is 11.9 Å². The van der Waals surface area contributed by atoms with Gasteiger partial charge in [0.2, 0.25) is 11.1 Å². The van der Waals surface area contributed by atoms with E-state index in [1.165, 1.54) is 23.9 Å². The smallest absolute Gasteiger partial charge is 0.338 e. The third-order valence-corrected chi connectivity index (χ3v) is 4.85. The number of esters is 2. The topological polar surface area (TPSA) is 95.3 Å². The van der Waals surface area contributed by atoms with Gasteiger partial charge in [-0.05, 0) is 31.5 Å². The largest absolute Gasteiger partial charge is 0.468 e. The highest BCUT2D eigenvalue weighted by molar-refractivity contribution is 7.99. The van der Waals surface area contributed by atoms with Crippen LogP contribution in [0.4, 0.5) is 10.3 Å². The van der Waals surface area contributed by atoms with Gasteiger partial charge < -0.3 is 14.8 Å². The van der Waals surface area contributed by atoms with Crippen LogP contribution in [0, 0.1) is 5.82 Å². The van der Waals surface area contributed by atoms with Crippen molar-refractivity contribution in [3.63, 3.8) is 0 Å². The highest BCUT2D eigenvalue weighted by atomic mass is 32.2. The van der Waals surface area contributed by atoms with Crippen LogP contribution in [0.2, 0.25) is 0 Å². The molecule has 0 unspecified atom stereocenters. The molecule has 1 aromatic heterocycles. The van der Waals surface area contributed by atoms with Crippen LogP contribution in [-0.2, 0) is 19.1 Å². The van der Waals surface area contributed by atoms with E-state index < -0.39 is 23.8 Å². The zero-order chi connectivity index (χ0) is 20.3. The predicted octanol–water partition coefficient (Wildman–Crippen LogP) is 2.53. The van der Waals surface area contributed by atoms with Crippen molar-refractivity contribution < 1.29 is 23.5 Å². The maximum atomic E-state index is 13.9. The number of anilines is 1. The van der Waals surface area contributed by atoms with Gasteiger partial charge in [-0.15, -0.1) is 5.10 Å². The number of carbonyl (C=O) groups excluding carboxylic acids is 2. The number of hydrogen-bond donors (Lipinski definition) is 1. The number of nitrogens with zero attached hydrogens (tertiary/aromatic N) is 3. The van der Waals surface area contributed by atoms with E-state index in [2.05, 4.69) is 20.1 Å². The van der Waals surface area contributed by atoms with Crippen molar-refractivity contribution in [1.29, 1.82) is 0 Å². The van der Waals surface area contributed by atoms with Crippen molar-refractivity contribution in [1.82, 2.24) is 14.8 Å². The SMILES string of the molecule is CCOC(=O)C1=C(C)Nc2nc(SCC(=O)OC)nn2[C@H]1c1cccc(F)c1. The number of hydrogen-bond acceptors (Lipinski definition) is 8. The summed E-state index contributed by atoms with van der Waals surface area (Å²) in [5, 5.41) is 7.76. The molecule has 0 amide bonds. The minimum Gasteiger partial charge on any atom is -0.468 e. The molecule has 0 bridgehead atoms. The van der Waals surface area contributed by atoms with Gasteiger partial charge in [0, 0.05) is 5.70 Å². The Morgan fingerprint density at radius 2 is 2.18 bits per heavy atom. The Labute approximate surface area is 165 Å². The van der Waals surface area contributed by atoms with E-state index in [1.807, 2.05) is 0 Å². The first kappa shape index (κ1) is 19.9. The number of carbonyl (C=O) groups is 2. The minimum atomic E-state index is -0.717. The number of halogens is 1. The first-order valence-electron chi connectivity index (χ1n) is 8.51. The molecule has 2 aromatic rings. The van der Waals surface area contributed by atoms with E-state index in [-0.39, 0.29) is 12.4 Å². The van der Waals surface area contributed by atoms with Crippen LogP contribution >= 0.6 is 11.8 Å². The second-order valence-electron chi connectivity index (χ2n) is 5.87. The summed E-state index contributed by atoms with van der Waals surface area (Å²) >= 11 is 1.10. The average Bonchev–Trinajstić information content (AvgIpc) is 3.07. The molecule has 3 rings (SSSR count). The zero-order valence-corrected chi connectivity index (χ0v) is 16.4. The molecular weight excluding hydrogens is 387 g/mol. The van der Waals surface area contributed by atoms with Crippen molar-refractivity contribution in [2.75, 3.05) is 24.8 Å². The molecule has 1 N–H and O–H groups in total. The molecule has 1 aromatic carbocycles. The molecule has 1 atom stereocenters. The minimum absolute atomic E-state index is 0.0434. The molecule has 0 radical (unpaired) electrons. The first-order chi connectivity index (χ1) is 13.4. The Kier molecular flexibility index (Phi) is 5.98. The van der Waals surface area contributed by atoms with E-state index in [1.54, 1.807) is 26.0 Å². The van der Waals surface area contributed by atoms with Gasteiger partial charge in [-0.25, -0.2) is 13.9 Å². The Hall–Kier alpha value is -2.88. The van der Waals surface area contributed by atoms with Crippen LogP contribution in [-0.4, -0.2) is 46.2 Å². The number of allylic oxidation sites excluding steroid dienone is 1. The number of thioether (sulfide) groups is 1. The summed E-state index contributed by atoms with van der Waals surface area (Å²) in [6.07, 6.45) is 0. The summed E-state index contributed by atoms with van der Waals surface area (Å²) in [5.74, 6) is -0.937. The summed E-state index contributed by atoms with van der Waals surface area (Å²) < 4.78 is 25.2. The lowest BCUT2D eigenvalue weighted by Crippen LogP contribution is -2.29. The fourth-order valence-electron chi connectivity index (χ4n) is 2.83. The second kappa shape index (κ2) is 8.42. The monoisotopic (exact) mass is 406 g/mol. The molecular formula is C18H19FN4O4S. The van der Waals surface area contributed by atoms with E-state index in [0.29, 0.717) is 27.9 Å². The van der Waals surface area contributed by atoms with E-state index in [0.717, 1.165) is 11.8 Å². The molecule has 1 aliphatic rings. The van der Waals surface area contributed by atoms with Gasteiger partial charge in [-0.1, -0.05) is 23.9 Å². The lowest BCUT2D eigenvalue weighted by Gasteiger charge is -2.28. The maximum absolute atomic E-state index is 13.9. The van der Waals surface area contributed by atoms with Crippen LogP contribution in [0.1, 0.15) is 25.5 Å². The molecule has 10 heteroatoms. The van der Waals surface area contributed by atoms with Crippen LogP contribution < -0.4 is 5.32 Å². The number of rotatable bonds is 6. The number of methoxy groups -OCH3 is 1. The van der Waals surface area contributed by atoms with Gasteiger partial charge in [0.25, 0.3) is 0 Å². The Morgan fingerprint density at radius 3 is 2.86 bits per heavy atom. The third-order valence-electron chi connectivity index (χ3n) is 4.04. The molecule has 0 aliphatic carbocycles. The standard InChI is InChI=1S/C18H19FN4O4S/c1-4-27-16(25)14-10(2)20-17-21-18(28-9-13(24)26-3)22-23(17)15(14)11-6-5-7-12(19)8-11/h5-8,15H,4,9H2,1-3H3,(H,20,21,22)/t15-/m0/s1. The third kappa shape index (κ3) is 4.01. The van der Waals surface area contributed by atoms with E-state index in [4.69, 9.17) is 4.74 Å². The number of ether oxygens (including phenoxy) is 2. The predicted molar refractivity (Wildman–Crippen MR) is 100 cm³/mol. The number of nitrogens with one attached hydrogen (secondary N) is 1. The van der Waals surface area contributed by atoms with Gasteiger partial charge in [0.15, 0.2) is 0 Å². The van der Waals surface area contributed by atoms with Crippen molar-refractivity contribution >= 4 is 29.6 Å². The number of benzene rings is 1. The van der Waals surface area contributed by atoms with Crippen LogP contribution in [0.5, 0.6) is 0 Å². The first-order valence-corrected chi connectivity index (χ1v) is 9.49. The summed E-state index contributed by atoms with van der Waals surface area (Å²) in [5.41, 5.74) is 1.38. The molecule has 1 aliphatic heterocycles. The average molecular weight is 406 g/mol. The van der Waals surface area contributed by atoms with Crippen molar-refractivity contribution in [3.05, 3.63) is 46.9 Å². The zero-order valence-electron chi connectivity index (χ0n) is 15.6. The fourth-order valence-corrected chi connectivity index (χ4v) is 3.49. The van der Waals surface area contributed by atoms with Crippen molar-refractivity contribution in [3.8, 4) is 0 Å². The lowest BCUT2D eigenvalue weighted by molar-refractivity contribution is -0.139. The summed E-state index contributed by atoms with van der Waals surface area (Å²) in [7, 11) is 1.30. The molecule has 0 saturated carbocycles. The summed E-state index contributed by atoms with van der Waals surface area (Å²) in [4.78, 5) is 28.4. The molecule has 0 spiro atoms. The number of aromatic nitrogens is 3. The fraction of sp³-hybridized carbons (Fsp3) is 0.333. The van der Waals surface area contributed by atoms with Crippen LogP contribution in [0.25, 0.3) is 0 Å². The number of fused-ring (bicyclic) bond motifs is 1. The van der Waals surface area contributed by atoms with Gasteiger partial charge in [0.05, 0.1) is 25.0 Å². The Morgan fingerprint density at radius 1 is 1.39 bits per heavy atom. The lowest BCUT2D eigenvalue weighted by atomic mass is 9.96.